The summed E-state index contributed by atoms with van der Waals surface area (Å²) in [5.74, 6) is 0.0865. The Hall–Kier alpha value is -4.44. The van der Waals surface area contributed by atoms with Crippen LogP contribution in [0.1, 0.15) is 30.0 Å². The quantitative estimate of drug-likeness (QED) is 0.104. The number of hydrogen-bond acceptors (Lipinski definition) is 7. The molecule has 3 aromatic rings. The molecule has 0 bridgehead atoms. The van der Waals surface area contributed by atoms with E-state index in [2.05, 4.69) is 20.9 Å². The fourth-order valence-corrected chi connectivity index (χ4v) is 4.22. The number of azide groups is 1. The third-order valence-electron chi connectivity index (χ3n) is 6.32. The molecule has 0 radical (unpaired) electrons. The lowest BCUT2D eigenvalue weighted by Gasteiger charge is -2.28. The smallest absolute Gasteiger partial charge is 0.266 e. The van der Waals surface area contributed by atoms with E-state index >= 15 is 0 Å². The summed E-state index contributed by atoms with van der Waals surface area (Å²) in [6.45, 7) is 2.38. The molecule has 0 saturated heterocycles. The molecule has 0 spiro atoms. The second kappa shape index (κ2) is 12.9. The number of hydrazine groups is 1. The average molecular weight is 533 g/mol. The summed E-state index contributed by atoms with van der Waals surface area (Å²) in [5.41, 5.74) is 15.5. The molecule has 0 saturated carbocycles. The van der Waals surface area contributed by atoms with Crippen LogP contribution < -0.4 is 15.6 Å². The Morgan fingerprint density at radius 3 is 2.74 bits per heavy atom. The maximum atomic E-state index is 13.7. The van der Waals surface area contributed by atoms with Crippen molar-refractivity contribution in [2.24, 2.45) is 10.1 Å². The number of benzene rings is 3. The molecule has 2 atom stereocenters. The summed E-state index contributed by atoms with van der Waals surface area (Å²) in [5, 5.41) is 12.7. The number of nitrogens with one attached hydrogen (secondary N) is 2. The number of hydrogen-bond donors (Lipinski definition) is 3. The van der Waals surface area contributed by atoms with Crippen LogP contribution in [-0.4, -0.2) is 41.8 Å². The Balaban J connectivity index is 1.61. The fraction of sp³-hybridized carbons (Fsp3) is 0.286. The number of nitrogens with zero attached hydrogens (tertiary/aromatic N) is 4. The Morgan fingerprint density at radius 1 is 1.21 bits per heavy atom. The van der Waals surface area contributed by atoms with Crippen molar-refractivity contribution in [3.05, 3.63) is 106 Å². The van der Waals surface area contributed by atoms with Gasteiger partial charge in [0, 0.05) is 42.2 Å². The molecule has 11 heteroatoms. The minimum atomic E-state index is -1.40. The number of carbonyl (C=O) groups is 1. The molecule has 3 aromatic carbocycles. The maximum Gasteiger partial charge on any atom is 0.266 e. The largest absolute Gasteiger partial charge is 0.494 e. The third kappa shape index (κ3) is 6.71. The number of aliphatic hydroxyl groups excluding tert-OH is 1. The van der Waals surface area contributed by atoms with Crippen molar-refractivity contribution < 1.29 is 23.8 Å². The van der Waals surface area contributed by atoms with Crippen LogP contribution in [0.4, 0.5) is 10.1 Å². The van der Waals surface area contributed by atoms with Crippen LogP contribution in [0.3, 0.4) is 0 Å². The standard InChI is InChI=1S/C28H29FN6O4/c1-19-28(17-22-7-2-3-9-25(22)33-35-30,27(37)34-31-18-20-6-4-8-23(29)16-20)32-26(39-19)21-10-12-24(13-11-21)38-15-5-14-36/h2-4,6-13,16,19,31,36H,5,14-15,17-18H2,1H3,(H,34,37)/t19-,28-/m0/s1. The van der Waals surface area contributed by atoms with E-state index in [1.807, 2.05) is 0 Å². The molecule has 0 aromatic heterocycles. The molecule has 1 aliphatic heterocycles. The van der Waals surface area contributed by atoms with Gasteiger partial charge in [-0.05, 0) is 60.0 Å². The number of amides is 1. The monoisotopic (exact) mass is 532 g/mol. The van der Waals surface area contributed by atoms with Crippen molar-refractivity contribution in [3.8, 4) is 5.75 Å². The van der Waals surface area contributed by atoms with Crippen LogP contribution in [0.5, 0.6) is 5.75 Å². The second-order valence-electron chi connectivity index (χ2n) is 8.98. The number of halogens is 1. The van der Waals surface area contributed by atoms with Gasteiger partial charge < -0.3 is 14.6 Å². The van der Waals surface area contributed by atoms with Crippen LogP contribution in [0.2, 0.25) is 0 Å². The molecule has 202 valence electrons. The molecule has 3 N–H and O–H groups in total. The van der Waals surface area contributed by atoms with Gasteiger partial charge in [0.1, 0.15) is 17.7 Å². The van der Waals surface area contributed by atoms with E-state index in [1.54, 1.807) is 67.6 Å². The Labute approximate surface area is 225 Å². The summed E-state index contributed by atoms with van der Waals surface area (Å²) in [7, 11) is 0. The number of aliphatic hydroxyl groups is 1. The van der Waals surface area contributed by atoms with Gasteiger partial charge in [0.25, 0.3) is 5.91 Å². The minimum absolute atomic E-state index is 0.0463. The minimum Gasteiger partial charge on any atom is -0.494 e. The van der Waals surface area contributed by atoms with Crippen LogP contribution in [0.25, 0.3) is 10.4 Å². The molecule has 4 rings (SSSR count). The Bertz CT molecular complexity index is 1380. The third-order valence-corrected chi connectivity index (χ3v) is 6.32. The molecular formula is C28H29FN6O4. The summed E-state index contributed by atoms with van der Waals surface area (Å²) >= 11 is 0. The van der Waals surface area contributed by atoms with Crippen molar-refractivity contribution in [1.29, 1.82) is 0 Å². The lowest BCUT2D eigenvalue weighted by atomic mass is 9.85. The topological polar surface area (TPSA) is 141 Å². The number of ether oxygens (including phenoxy) is 2. The second-order valence-corrected chi connectivity index (χ2v) is 8.98. The predicted molar refractivity (Wildman–Crippen MR) is 144 cm³/mol. The highest BCUT2D eigenvalue weighted by Gasteiger charge is 2.50. The van der Waals surface area contributed by atoms with Crippen molar-refractivity contribution in [1.82, 2.24) is 10.9 Å². The zero-order chi connectivity index (χ0) is 27.7. The maximum absolute atomic E-state index is 13.7. The number of carbonyl (C=O) groups excluding carboxylic acids is 1. The lowest BCUT2D eigenvalue weighted by Crippen LogP contribution is -2.55. The number of aliphatic imine (C=N–C) groups is 1. The molecule has 0 unspecified atom stereocenters. The first-order valence-corrected chi connectivity index (χ1v) is 12.5. The number of rotatable bonds is 12. The predicted octanol–water partition coefficient (Wildman–Crippen LogP) is 4.50. The van der Waals surface area contributed by atoms with Crippen molar-refractivity contribution in [3.63, 3.8) is 0 Å². The summed E-state index contributed by atoms with van der Waals surface area (Å²) in [6.07, 6.45) is -0.0527. The van der Waals surface area contributed by atoms with Crippen LogP contribution in [0.15, 0.2) is 82.9 Å². The van der Waals surface area contributed by atoms with Gasteiger partial charge in [-0.1, -0.05) is 41.5 Å². The molecule has 1 amide bonds. The van der Waals surface area contributed by atoms with Gasteiger partial charge in [-0.2, -0.15) is 0 Å². The van der Waals surface area contributed by atoms with Crippen LogP contribution in [0, 0.1) is 5.82 Å². The van der Waals surface area contributed by atoms with E-state index in [-0.39, 0.29) is 31.3 Å². The summed E-state index contributed by atoms with van der Waals surface area (Å²) in [6, 6.07) is 20.1. The molecule has 10 nitrogen and oxygen atoms in total. The van der Waals surface area contributed by atoms with Gasteiger partial charge in [-0.25, -0.2) is 14.8 Å². The van der Waals surface area contributed by atoms with Crippen LogP contribution in [-0.2, 0) is 22.5 Å². The molecule has 39 heavy (non-hydrogen) atoms. The first-order chi connectivity index (χ1) is 18.9. The SMILES string of the molecule is C[C@@H]1OC(c2ccc(OCCCO)cc2)=N[C@]1(Cc1ccccc1N=[N+]=[N-])C(=O)NNCc1cccc(F)c1. The van der Waals surface area contributed by atoms with Gasteiger partial charge in [0.2, 0.25) is 5.90 Å². The van der Waals surface area contributed by atoms with Crippen molar-refractivity contribution >= 4 is 17.5 Å². The highest BCUT2D eigenvalue weighted by Crippen LogP contribution is 2.35. The van der Waals surface area contributed by atoms with Gasteiger partial charge in [-0.3, -0.25) is 10.2 Å². The van der Waals surface area contributed by atoms with Crippen molar-refractivity contribution in [2.45, 2.75) is 38.0 Å². The fourth-order valence-electron chi connectivity index (χ4n) is 4.22. The molecule has 1 aliphatic rings. The lowest BCUT2D eigenvalue weighted by molar-refractivity contribution is -0.129. The van der Waals surface area contributed by atoms with Gasteiger partial charge in [0.15, 0.2) is 5.54 Å². The molecule has 0 fully saturated rings. The van der Waals surface area contributed by atoms with E-state index in [9.17, 15) is 9.18 Å². The summed E-state index contributed by atoms with van der Waals surface area (Å²) in [4.78, 5) is 21.4. The van der Waals surface area contributed by atoms with Gasteiger partial charge in [-0.15, -0.1) is 0 Å². The van der Waals surface area contributed by atoms with E-state index in [4.69, 9.17) is 25.1 Å². The highest BCUT2D eigenvalue weighted by atomic mass is 19.1. The van der Waals surface area contributed by atoms with Crippen LogP contribution >= 0.6 is 0 Å². The normalized spacial score (nSPS) is 18.0. The van der Waals surface area contributed by atoms with E-state index in [0.29, 0.717) is 41.2 Å². The zero-order valence-corrected chi connectivity index (χ0v) is 21.4. The van der Waals surface area contributed by atoms with Crippen molar-refractivity contribution in [2.75, 3.05) is 13.2 Å². The highest BCUT2D eigenvalue weighted by molar-refractivity contribution is 6.00. The average Bonchev–Trinajstić information content (AvgIpc) is 3.27. The van der Waals surface area contributed by atoms with E-state index in [0.717, 1.165) is 0 Å². The molecule has 0 aliphatic carbocycles. The van der Waals surface area contributed by atoms with Gasteiger partial charge >= 0.3 is 0 Å². The Kier molecular flexibility index (Phi) is 9.11. The van der Waals surface area contributed by atoms with E-state index in [1.165, 1.54) is 12.1 Å². The van der Waals surface area contributed by atoms with Gasteiger partial charge in [0.05, 0.1) is 6.61 Å². The Morgan fingerprint density at radius 2 is 2.00 bits per heavy atom. The molecular weight excluding hydrogens is 503 g/mol. The first-order valence-electron chi connectivity index (χ1n) is 12.5. The zero-order valence-electron chi connectivity index (χ0n) is 21.4. The first kappa shape index (κ1) is 27.6. The molecule has 1 heterocycles. The van der Waals surface area contributed by atoms with E-state index < -0.39 is 17.6 Å². The summed E-state index contributed by atoms with van der Waals surface area (Å²) < 4.78 is 25.3.